The van der Waals surface area contributed by atoms with Crippen LogP contribution in [0.4, 0.5) is 10.5 Å². The van der Waals surface area contributed by atoms with Crippen molar-refractivity contribution >= 4 is 33.6 Å². The van der Waals surface area contributed by atoms with Crippen molar-refractivity contribution in [2.45, 2.75) is 12.5 Å². The third kappa shape index (κ3) is 5.71. The van der Waals surface area contributed by atoms with Crippen LogP contribution in [0.15, 0.2) is 28.7 Å². The molecule has 0 aliphatic heterocycles. The molecule has 0 radical (unpaired) electrons. The molecule has 0 aromatic heterocycles. The lowest BCUT2D eigenvalue weighted by Crippen LogP contribution is -2.43. The van der Waals surface area contributed by atoms with Gasteiger partial charge >= 0.3 is 12.0 Å². The van der Waals surface area contributed by atoms with Gasteiger partial charge in [0.15, 0.2) is 0 Å². The number of hydrogen-bond acceptors (Lipinski definition) is 3. The van der Waals surface area contributed by atoms with Crippen molar-refractivity contribution in [2.24, 2.45) is 0 Å². The zero-order chi connectivity index (χ0) is 14.3. The average molecular weight is 331 g/mol. The van der Waals surface area contributed by atoms with E-state index in [2.05, 4.69) is 26.6 Å². The third-order valence-electron chi connectivity index (χ3n) is 2.32. The fraction of sp³-hybridized carbons (Fsp3) is 0.333. The zero-order valence-corrected chi connectivity index (χ0v) is 11.9. The van der Waals surface area contributed by atoms with E-state index in [4.69, 9.17) is 9.84 Å². The van der Waals surface area contributed by atoms with Gasteiger partial charge in [0.25, 0.3) is 0 Å². The van der Waals surface area contributed by atoms with Crippen LogP contribution in [0.2, 0.25) is 0 Å². The Hall–Kier alpha value is -1.60. The lowest BCUT2D eigenvalue weighted by molar-refractivity contribution is -0.139. The van der Waals surface area contributed by atoms with Gasteiger partial charge in [0.2, 0.25) is 0 Å². The summed E-state index contributed by atoms with van der Waals surface area (Å²) in [6.07, 6.45) is 0.208. The Morgan fingerprint density at radius 2 is 2.00 bits per heavy atom. The maximum atomic E-state index is 11.6. The van der Waals surface area contributed by atoms with Gasteiger partial charge in [0.05, 0.1) is 0 Å². The van der Waals surface area contributed by atoms with E-state index in [0.717, 1.165) is 4.47 Å². The molecule has 7 heteroatoms. The van der Waals surface area contributed by atoms with Gasteiger partial charge < -0.3 is 20.5 Å². The molecule has 1 rings (SSSR count). The fourth-order valence-corrected chi connectivity index (χ4v) is 1.62. The number of urea groups is 1. The van der Waals surface area contributed by atoms with Gasteiger partial charge in [-0.15, -0.1) is 0 Å². The molecule has 2 amide bonds. The molecule has 0 aliphatic rings. The van der Waals surface area contributed by atoms with Crippen molar-refractivity contribution in [3.63, 3.8) is 0 Å². The topological polar surface area (TPSA) is 87.7 Å². The number of aliphatic carboxylic acids is 1. The smallest absolute Gasteiger partial charge is 0.326 e. The van der Waals surface area contributed by atoms with E-state index in [9.17, 15) is 9.59 Å². The molecule has 3 N–H and O–H groups in total. The van der Waals surface area contributed by atoms with E-state index in [1.807, 2.05) is 0 Å². The van der Waals surface area contributed by atoms with E-state index in [1.165, 1.54) is 7.11 Å². The van der Waals surface area contributed by atoms with E-state index in [-0.39, 0.29) is 13.0 Å². The number of amides is 2. The lowest BCUT2D eigenvalue weighted by atomic mass is 10.2. The maximum absolute atomic E-state index is 11.6. The predicted molar refractivity (Wildman–Crippen MR) is 74.2 cm³/mol. The summed E-state index contributed by atoms with van der Waals surface area (Å²) in [6.45, 7) is 0.259. The summed E-state index contributed by atoms with van der Waals surface area (Å²) in [5.41, 5.74) is 0.580. The number of methoxy groups -OCH3 is 1. The summed E-state index contributed by atoms with van der Waals surface area (Å²) in [5.74, 6) is -1.09. The van der Waals surface area contributed by atoms with Crippen LogP contribution in [0, 0.1) is 0 Å². The first-order chi connectivity index (χ1) is 9.02. The molecule has 0 bridgehead atoms. The first-order valence-electron chi connectivity index (χ1n) is 5.57. The third-order valence-corrected chi connectivity index (χ3v) is 2.84. The van der Waals surface area contributed by atoms with Crippen molar-refractivity contribution in [3.05, 3.63) is 28.7 Å². The number of carboxylic acid groups (broad SMARTS) is 1. The molecule has 0 saturated heterocycles. The van der Waals surface area contributed by atoms with Crippen LogP contribution in [-0.2, 0) is 9.53 Å². The predicted octanol–water partition coefficient (Wildman–Crippen LogP) is 2.06. The summed E-state index contributed by atoms with van der Waals surface area (Å²) in [5, 5.41) is 13.9. The second-order valence-electron chi connectivity index (χ2n) is 3.78. The minimum Gasteiger partial charge on any atom is -0.480 e. The minimum absolute atomic E-state index is 0.208. The van der Waals surface area contributed by atoms with E-state index in [1.54, 1.807) is 24.3 Å². The summed E-state index contributed by atoms with van der Waals surface area (Å²) in [6, 6.07) is 5.41. The number of rotatable bonds is 6. The van der Waals surface area contributed by atoms with Crippen LogP contribution in [0.5, 0.6) is 0 Å². The monoisotopic (exact) mass is 330 g/mol. The number of hydrogen-bond donors (Lipinski definition) is 3. The van der Waals surface area contributed by atoms with Gasteiger partial charge in [-0.3, -0.25) is 0 Å². The largest absolute Gasteiger partial charge is 0.480 e. The molecule has 1 atom stereocenters. The van der Waals surface area contributed by atoms with Crippen molar-refractivity contribution in [3.8, 4) is 0 Å². The number of anilines is 1. The van der Waals surface area contributed by atoms with Crippen LogP contribution < -0.4 is 10.6 Å². The molecule has 0 fully saturated rings. The first-order valence-corrected chi connectivity index (χ1v) is 6.37. The second kappa shape index (κ2) is 7.75. The van der Waals surface area contributed by atoms with Crippen LogP contribution in [0.3, 0.4) is 0 Å². The number of benzene rings is 1. The molecule has 1 aromatic carbocycles. The Morgan fingerprint density at radius 3 is 2.53 bits per heavy atom. The molecule has 6 nitrogen and oxygen atoms in total. The summed E-state index contributed by atoms with van der Waals surface area (Å²) in [4.78, 5) is 22.6. The Kier molecular flexibility index (Phi) is 6.31. The van der Waals surface area contributed by atoms with Crippen LogP contribution >= 0.6 is 15.9 Å². The van der Waals surface area contributed by atoms with Crippen LogP contribution in [0.25, 0.3) is 0 Å². The number of halogens is 1. The molecule has 104 valence electrons. The number of carbonyl (C=O) groups is 2. The quantitative estimate of drug-likeness (QED) is 0.745. The molecule has 0 saturated carbocycles. The summed E-state index contributed by atoms with van der Waals surface area (Å²) in [7, 11) is 1.47. The van der Waals surface area contributed by atoms with E-state index >= 15 is 0 Å². The number of ether oxygens (including phenoxy) is 1. The first kappa shape index (κ1) is 15.5. The molecule has 0 aliphatic carbocycles. The highest BCUT2D eigenvalue weighted by atomic mass is 79.9. The number of carboxylic acids is 1. The van der Waals surface area contributed by atoms with Crippen LogP contribution in [-0.4, -0.2) is 36.9 Å². The molecule has 0 unspecified atom stereocenters. The number of nitrogens with one attached hydrogen (secondary N) is 2. The molecular formula is C12H15BrN2O4. The SMILES string of the molecule is COCC[C@H](NC(=O)Nc1ccc(Br)cc1)C(=O)O. The van der Waals surface area contributed by atoms with E-state index < -0.39 is 18.0 Å². The van der Waals surface area contributed by atoms with Crippen molar-refractivity contribution in [1.29, 1.82) is 0 Å². The lowest BCUT2D eigenvalue weighted by Gasteiger charge is -2.14. The fourth-order valence-electron chi connectivity index (χ4n) is 1.35. The zero-order valence-electron chi connectivity index (χ0n) is 10.4. The Balaban J connectivity index is 2.52. The number of carbonyl (C=O) groups excluding carboxylic acids is 1. The highest BCUT2D eigenvalue weighted by Crippen LogP contribution is 2.13. The normalized spacial score (nSPS) is 11.7. The average Bonchev–Trinajstić information content (AvgIpc) is 2.37. The summed E-state index contributed by atoms with van der Waals surface area (Å²) >= 11 is 3.28. The van der Waals surface area contributed by atoms with Gasteiger partial charge in [-0.25, -0.2) is 9.59 Å². The summed E-state index contributed by atoms with van der Waals surface area (Å²) < 4.78 is 5.69. The standard InChI is InChI=1S/C12H15BrN2O4/c1-19-7-6-10(11(16)17)15-12(18)14-9-4-2-8(13)3-5-9/h2-5,10H,6-7H2,1H3,(H,16,17)(H2,14,15,18)/t10-/m0/s1. The Morgan fingerprint density at radius 1 is 1.37 bits per heavy atom. The Bertz CT molecular complexity index is 436. The molecule has 19 heavy (non-hydrogen) atoms. The van der Waals surface area contributed by atoms with Gasteiger partial charge in [-0.05, 0) is 24.3 Å². The van der Waals surface area contributed by atoms with Gasteiger partial charge in [0, 0.05) is 30.3 Å². The highest BCUT2D eigenvalue weighted by molar-refractivity contribution is 9.10. The van der Waals surface area contributed by atoms with Crippen LogP contribution in [0.1, 0.15) is 6.42 Å². The van der Waals surface area contributed by atoms with Gasteiger partial charge in [0.1, 0.15) is 6.04 Å². The molecule has 0 heterocycles. The van der Waals surface area contributed by atoms with Crippen molar-refractivity contribution in [2.75, 3.05) is 19.0 Å². The highest BCUT2D eigenvalue weighted by Gasteiger charge is 2.19. The van der Waals surface area contributed by atoms with Crippen molar-refractivity contribution in [1.82, 2.24) is 5.32 Å². The minimum atomic E-state index is -1.09. The van der Waals surface area contributed by atoms with E-state index in [0.29, 0.717) is 5.69 Å². The van der Waals surface area contributed by atoms with Gasteiger partial charge in [-0.2, -0.15) is 0 Å². The molecule has 0 spiro atoms. The Labute approximate surface area is 119 Å². The molecule has 1 aromatic rings. The second-order valence-corrected chi connectivity index (χ2v) is 4.69. The van der Waals surface area contributed by atoms with Gasteiger partial charge in [-0.1, -0.05) is 15.9 Å². The maximum Gasteiger partial charge on any atom is 0.326 e. The molecular weight excluding hydrogens is 316 g/mol. The van der Waals surface area contributed by atoms with Crippen molar-refractivity contribution < 1.29 is 19.4 Å².